The van der Waals surface area contributed by atoms with Crippen molar-refractivity contribution >= 4 is 5.97 Å². The van der Waals surface area contributed by atoms with Crippen LogP contribution in [0, 0.1) is 0 Å². The predicted molar refractivity (Wildman–Crippen MR) is 38.3 cm³/mol. The van der Waals surface area contributed by atoms with Crippen LogP contribution in [-0.4, -0.2) is 28.6 Å². The van der Waals surface area contributed by atoms with E-state index in [-0.39, 0.29) is 6.20 Å². The molecule has 1 heterocycles. The second-order valence-electron chi connectivity index (χ2n) is 2.93. The summed E-state index contributed by atoms with van der Waals surface area (Å²) in [5.74, 6) is -7.78. The Labute approximate surface area is 88.8 Å². The maximum atomic E-state index is 12.2. The Kier molecular flexibility index (Phi) is 3.08. The fourth-order valence-electron chi connectivity index (χ4n) is 1.10. The number of rotatable bonds is 2. The molecule has 0 radical (unpaired) electrons. The zero-order valence-electron chi connectivity index (χ0n) is 7.63. The van der Waals surface area contributed by atoms with Crippen molar-refractivity contribution in [3.63, 3.8) is 0 Å². The second-order valence-corrected chi connectivity index (χ2v) is 2.93. The Morgan fingerprint density at radius 3 is 2.06 bits per heavy atom. The van der Waals surface area contributed by atoms with Crippen molar-refractivity contribution in [3.8, 4) is 0 Å². The lowest BCUT2D eigenvalue weighted by atomic mass is 10.0. The summed E-state index contributed by atoms with van der Waals surface area (Å²) in [5, 5.41) is 11.0. The zero-order valence-corrected chi connectivity index (χ0v) is 7.63. The molecule has 96 valence electrons. The van der Waals surface area contributed by atoms with Gasteiger partial charge < -0.3 is 9.63 Å². The minimum atomic E-state index is -5.72. The number of aromatic carboxylic acids is 1. The van der Waals surface area contributed by atoms with Crippen molar-refractivity contribution in [2.45, 2.75) is 18.3 Å². The van der Waals surface area contributed by atoms with Crippen molar-refractivity contribution in [1.82, 2.24) is 5.16 Å². The van der Waals surface area contributed by atoms with Crippen molar-refractivity contribution in [1.29, 1.82) is 0 Å². The first-order chi connectivity index (χ1) is 7.55. The highest BCUT2D eigenvalue weighted by Crippen LogP contribution is 2.47. The third-order valence-electron chi connectivity index (χ3n) is 1.75. The van der Waals surface area contributed by atoms with Crippen LogP contribution < -0.4 is 0 Å². The van der Waals surface area contributed by atoms with Crippen LogP contribution in [-0.2, 0) is 0 Å². The first kappa shape index (κ1) is 13.3. The Morgan fingerprint density at radius 2 is 1.71 bits per heavy atom. The summed E-state index contributed by atoms with van der Waals surface area (Å²) < 4.78 is 77.1. The average Bonchev–Trinajstić information content (AvgIpc) is 2.46. The zero-order chi connectivity index (χ0) is 13.4. The van der Waals surface area contributed by atoms with E-state index in [1.54, 1.807) is 0 Å². The highest BCUT2D eigenvalue weighted by molar-refractivity contribution is 5.88. The summed E-state index contributed by atoms with van der Waals surface area (Å²) in [7, 11) is 0. The molecule has 0 aliphatic heterocycles. The van der Waals surface area contributed by atoms with Gasteiger partial charge in [0.05, 0.1) is 6.20 Å². The first-order valence-electron chi connectivity index (χ1n) is 3.86. The largest absolute Gasteiger partial charge is 0.478 e. The quantitative estimate of drug-likeness (QED) is 0.833. The van der Waals surface area contributed by atoms with Crippen LogP contribution in [0.3, 0.4) is 0 Å². The van der Waals surface area contributed by atoms with Crippen LogP contribution in [0.1, 0.15) is 22.0 Å². The number of aromatic nitrogens is 1. The van der Waals surface area contributed by atoms with E-state index in [1.165, 1.54) is 0 Å². The predicted octanol–water partition coefficient (Wildman–Crippen LogP) is 2.58. The van der Waals surface area contributed by atoms with E-state index in [1.807, 2.05) is 0 Å². The molecule has 0 fully saturated rings. The third kappa shape index (κ3) is 2.68. The van der Waals surface area contributed by atoms with E-state index in [9.17, 15) is 31.1 Å². The summed E-state index contributed by atoms with van der Waals surface area (Å²) in [6.07, 6.45) is -11.2. The lowest BCUT2D eigenvalue weighted by Gasteiger charge is -2.20. The van der Waals surface area contributed by atoms with Gasteiger partial charge in [0, 0.05) is 0 Å². The van der Waals surface area contributed by atoms with E-state index in [0.717, 1.165) is 0 Å². The lowest BCUT2D eigenvalue weighted by Crippen LogP contribution is -2.34. The number of carbonyl (C=O) groups is 1. The monoisotopic (exact) mass is 263 g/mol. The molecule has 0 aliphatic carbocycles. The minimum absolute atomic E-state index is 0.280. The molecule has 0 aromatic carbocycles. The standard InChI is InChI=1S/C7H3F6NO3/c8-6(9,10)4(7(11,12)13)3-2(5(15)16)1-14-17-3/h1,4H,(H,15,16). The molecular formula is C7H3F6NO3. The SMILES string of the molecule is O=C(O)c1cnoc1C(C(F)(F)F)C(F)(F)F. The first-order valence-corrected chi connectivity index (χ1v) is 3.86. The van der Waals surface area contributed by atoms with Gasteiger partial charge in [0.1, 0.15) is 5.56 Å². The third-order valence-corrected chi connectivity index (χ3v) is 1.75. The summed E-state index contributed by atoms with van der Waals surface area (Å²) in [5.41, 5.74) is -1.27. The topological polar surface area (TPSA) is 63.3 Å². The van der Waals surface area contributed by atoms with Gasteiger partial charge in [0.15, 0.2) is 5.76 Å². The molecule has 17 heavy (non-hydrogen) atoms. The smallest absolute Gasteiger partial charge is 0.407 e. The Morgan fingerprint density at radius 1 is 1.24 bits per heavy atom. The van der Waals surface area contributed by atoms with Crippen LogP contribution >= 0.6 is 0 Å². The van der Waals surface area contributed by atoms with Crippen molar-refractivity contribution in [2.24, 2.45) is 0 Å². The van der Waals surface area contributed by atoms with E-state index < -0.39 is 35.6 Å². The molecule has 1 rings (SSSR count). The average molecular weight is 263 g/mol. The Bertz CT molecular complexity index is 406. The maximum Gasteiger partial charge on any atom is 0.407 e. The van der Waals surface area contributed by atoms with Crippen molar-refractivity contribution in [3.05, 3.63) is 17.5 Å². The van der Waals surface area contributed by atoms with Crippen molar-refractivity contribution < 1.29 is 40.8 Å². The molecule has 10 heteroatoms. The fourth-order valence-corrected chi connectivity index (χ4v) is 1.10. The Balaban J connectivity index is 3.34. The van der Waals surface area contributed by atoms with E-state index >= 15 is 0 Å². The molecule has 1 N–H and O–H groups in total. The fraction of sp³-hybridized carbons (Fsp3) is 0.429. The van der Waals surface area contributed by atoms with E-state index in [2.05, 4.69) is 9.68 Å². The van der Waals surface area contributed by atoms with Crippen LogP contribution in [0.4, 0.5) is 26.3 Å². The normalized spacial score (nSPS) is 13.1. The van der Waals surface area contributed by atoms with Gasteiger partial charge in [-0.1, -0.05) is 5.16 Å². The van der Waals surface area contributed by atoms with Gasteiger partial charge in [-0.3, -0.25) is 0 Å². The van der Waals surface area contributed by atoms with Gasteiger partial charge >= 0.3 is 18.3 Å². The molecule has 0 unspecified atom stereocenters. The van der Waals surface area contributed by atoms with Crippen LogP contribution in [0.25, 0.3) is 0 Å². The molecular weight excluding hydrogens is 260 g/mol. The van der Waals surface area contributed by atoms with Gasteiger partial charge in [-0.05, 0) is 0 Å². The molecule has 4 nitrogen and oxygen atoms in total. The van der Waals surface area contributed by atoms with Gasteiger partial charge in [-0.25, -0.2) is 4.79 Å². The van der Waals surface area contributed by atoms with Gasteiger partial charge in [0.25, 0.3) is 0 Å². The molecule has 1 aromatic heterocycles. The number of hydrogen-bond donors (Lipinski definition) is 1. The number of carboxylic acids is 1. The lowest BCUT2D eigenvalue weighted by molar-refractivity contribution is -0.258. The summed E-state index contributed by atoms with van der Waals surface area (Å²) in [6.45, 7) is 0. The summed E-state index contributed by atoms with van der Waals surface area (Å²) in [6, 6.07) is 0. The highest BCUT2D eigenvalue weighted by atomic mass is 19.4. The highest BCUT2D eigenvalue weighted by Gasteiger charge is 2.60. The molecule has 0 saturated carbocycles. The van der Waals surface area contributed by atoms with E-state index in [4.69, 9.17) is 5.11 Å². The molecule has 0 spiro atoms. The summed E-state index contributed by atoms with van der Waals surface area (Å²) >= 11 is 0. The maximum absolute atomic E-state index is 12.2. The van der Waals surface area contributed by atoms with E-state index in [0.29, 0.717) is 0 Å². The second kappa shape index (κ2) is 3.93. The molecule has 1 aromatic rings. The van der Waals surface area contributed by atoms with Crippen LogP contribution in [0.15, 0.2) is 10.7 Å². The summed E-state index contributed by atoms with van der Waals surface area (Å²) in [4.78, 5) is 10.4. The number of halogens is 6. The van der Waals surface area contributed by atoms with Gasteiger partial charge in [0.2, 0.25) is 5.92 Å². The molecule has 0 amide bonds. The molecule has 0 aliphatic rings. The molecule has 0 atom stereocenters. The molecule has 0 bridgehead atoms. The number of nitrogens with zero attached hydrogens (tertiary/aromatic N) is 1. The van der Waals surface area contributed by atoms with Gasteiger partial charge in [-0.2, -0.15) is 26.3 Å². The molecule has 0 saturated heterocycles. The number of alkyl halides is 6. The Hall–Kier alpha value is -1.74. The van der Waals surface area contributed by atoms with Crippen LogP contribution in [0.5, 0.6) is 0 Å². The van der Waals surface area contributed by atoms with Crippen molar-refractivity contribution in [2.75, 3.05) is 0 Å². The van der Waals surface area contributed by atoms with Crippen LogP contribution in [0.2, 0.25) is 0 Å². The van der Waals surface area contributed by atoms with Gasteiger partial charge in [-0.15, -0.1) is 0 Å². The number of carboxylic acid groups (broad SMARTS) is 1. The number of hydrogen-bond acceptors (Lipinski definition) is 3. The minimum Gasteiger partial charge on any atom is -0.478 e.